The van der Waals surface area contributed by atoms with E-state index in [1.54, 1.807) is 24.3 Å². The van der Waals surface area contributed by atoms with Crippen molar-refractivity contribution in [1.82, 2.24) is 4.90 Å². The Morgan fingerprint density at radius 1 is 1.18 bits per heavy atom. The molecule has 28 heavy (non-hydrogen) atoms. The van der Waals surface area contributed by atoms with E-state index < -0.39 is 10.0 Å². The number of anilines is 1. The van der Waals surface area contributed by atoms with Gasteiger partial charge in [-0.3, -0.25) is 14.4 Å². The van der Waals surface area contributed by atoms with Crippen LogP contribution in [-0.2, 0) is 27.1 Å². The number of para-hydroxylation sites is 1. The van der Waals surface area contributed by atoms with Gasteiger partial charge in [0.1, 0.15) is 0 Å². The molecule has 150 valence electrons. The lowest BCUT2D eigenvalue weighted by atomic mass is 10.1. The van der Waals surface area contributed by atoms with E-state index in [1.165, 1.54) is 6.07 Å². The fourth-order valence-corrected chi connectivity index (χ4v) is 5.18. The van der Waals surface area contributed by atoms with Crippen LogP contribution >= 0.6 is 23.2 Å². The maximum Gasteiger partial charge on any atom is 0.236 e. The van der Waals surface area contributed by atoms with E-state index in [4.69, 9.17) is 28.9 Å². The van der Waals surface area contributed by atoms with E-state index in [0.29, 0.717) is 27.8 Å². The monoisotopic (exact) mass is 441 g/mol. The van der Waals surface area contributed by atoms with E-state index in [9.17, 15) is 13.2 Å². The minimum Gasteiger partial charge on any atom is -0.368 e. The normalized spacial score (nSPS) is 17.6. The predicted molar refractivity (Wildman–Crippen MR) is 112 cm³/mol. The molecule has 1 aliphatic rings. The van der Waals surface area contributed by atoms with Gasteiger partial charge < -0.3 is 5.73 Å². The molecule has 6 nitrogen and oxygen atoms in total. The number of hydrogen-bond acceptors (Lipinski definition) is 4. The summed E-state index contributed by atoms with van der Waals surface area (Å²) in [6, 6.07) is 11.5. The zero-order valence-electron chi connectivity index (χ0n) is 15.1. The number of halogens is 2. The van der Waals surface area contributed by atoms with Crippen molar-refractivity contribution in [3.05, 3.63) is 63.6 Å². The molecule has 0 radical (unpaired) electrons. The highest BCUT2D eigenvalue weighted by Gasteiger charge is 2.29. The van der Waals surface area contributed by atoms with Crippen LogP contribution in [0.3, 0.4) is 0 Å². The van der Waals surface area contributed by atoms with E-state index in [-0.39, 0.29) is 17.7 Å². The topological polar surface area (TPSA) is 92.5 Å². The molecule has 0 bridgehead atoms. The van der Waals surface area contributed by atoms with Crippen LogP contribution in [0.2, 0.25) is 10.0 Å². The van der Waals surface area contributed by atoms with Gasteiger partial charge in [-0.2, -0.15) is 0 Å². The Labute approximate surface area is 174 Å². The van der Waals surface area contributed by atoms with Crippen LogP contribution < -0.4 is 10.5 Å². The van der Waals surface area contributed by atoms with Crippen LogP contribution in [0.4, 0.5) is 5.69 Å². The number of sulfonamides is 1. The Morgan fingerprint density at radius 2 is 1.93 bits per heavy atom. The number of hydrogen-bond donors (Lipinski definition) is 2. The summed E-state index contributed by atoms with van der Waals surface area (Å²) in [5.74, 6) is -0.627. The first-order valence-corrected chi connectivity index (χ1v) is 11.2. The van der Waals surface area contributed by atoms with Crippen molar-refractivity contribution in [2.75, 3.05) is 11.3 Å². The van der Waals surface area contributed by atoms with Gasteiger partial charge >= 0.3 is 0 Å². The van der Waals surface area contributed by atoms with Gasteiger partial charge in [-0.25, -0.2) is 8.42 Å². The Hall–Kier alpha value is -1.80. The van der Waals surface area contributed by atoms with Crippen LogP contribution in [-0.4, -0.2) is 31.8 Å². The highest BCUT2D eigenvalue weighted by Crippen LogP contribution is 2.26. The molecule has 0 unspecified atom stereocenters. The summed E-state index contributed by atoms with van der Waals surface area (Å²) in [7, 11) is -3.70. The lowest BCUT2D eigenvalue weighted by molar-refractivity contribution is -0.122. The standard InChI is InChI=1S/C19H21Cl2N3O3S/c20-15-8-7-14(16(21)10-15)12-28(26,27)23-17-5-2-1-4-13(17)11-24-9-3-6-18(24)19(22)25/h1-2,4-5,7-8,10,18,23H,3,6,9,11-12H2,(H2,22,25)/t18-/m0/s1. The molecule has 0 aromatic heterocycles. The van der Waals surface area contributed by atoms with E-state index in [0.717, 1.165) is 24.9 Å². The van der Waals surface area contributed by atoms with Crippen LogP contribution in [0, 0.1) is 0 Å². The number of amides is 1. The quantitative estimate of drug-likeness (QED) is 0.688. The smallest absolute Gasteiger partial charge is 0.236 e. The molecule has 1 heterocycles. The molecule has 3 rings (SSSR count). The molecule has 3 N–H and O–H groups in total. The fraction of sp³-hybridized carbons (Fsp3) is 0.316. The van der Waals surface area contributed by atoms with E-state index >= 15 is 0 Å². The van der Waals surface area contributed by atoms with Crippen molar-refractivity contribution in [1.29, 1.82) is 0 Å². The maximum absolute atomic E-state index is 12.7. The number of nitrogens with two attached hydrogens (primary N) is 1. The summed E-state index contributed by atoms with van der Waals surface area (Å²) in [6.07, 6.45) is 1.61. The summed E-state index contributed by atoms with van der Waals surface area (Å²) in [6.45, 7) is 1.18. The van der Waals surface area contributed by atoms with Crippen molar-refractivity contribution in [3.63, 3.8) is 0 Å². The van der Waals surface area contributed by atoms with Crippen LogP contribution in [0.5, 0.6) is 0 Å². The molecule has 2 aromatic rings. The third-order valence-electron chi connectivity index (χ3n) is 4.71. The summed E-state index contributed by atoms with van der Waals surface area (Å²) in [5.41, 5.74) is 7.19. The highest BCUT2D eigenvalue weighted by molar-refractivity contribution is 7.91. The third kappa shape index (κ3) is 5.17. The lowest BCUT2D eigenvalue weighted by Gasteiger charge is -2.23. The van der Waals surface area contributed by atoms with Gasteiger partial charge in [0, 0.05) is 16.6 Å². The van der Waals surface area contributed by atoms with E-state index in [2.05, 4.69) is 4.72 Å². The van der Waals surface area contributed by atoms with Gasteiger partial charge in [-0.1, -0.05) is 47.5 Å². The Kier molecular flexibility index (Phi) is 6.50. The lowest BCUT2D eigenvalue weighted by Crippen LogP contribution is -2.39. The van der Waals surface area contributed by atoms with Crippen LogP contribution in [0.25, 0.3) is 0 Å². The molecule has 2 aromatic carbocycles. The summed E-state index contributed by atoms with van der Waals surface area (Å²) in [5, 5.41) is 0.742. The van der Waals surface area contributed by atoms with Crippen LogP contribution in [0.15, 0.2) is 42.5 Å². The fourth-order valence-electron chi connectivity index (χ4n) is 3.36. The van der Waals surface area contributed by atoms with Gasteiger partial charge in [0.05, 0.1) is 17.5 Å². The van der Waals surface area contributed by atoms with Crippen LogP contribution in [0.1, 0.15) is 24.0 Å². The molecule has 0 aliphatic carbocycles. The molecule has 1 fully saturated rings. The van der Waals surface area contributed by atoms with Gasteiger partial charge in [-0.05, 0) is 48.7 Å². The van der Waals surface area contributed by atoms with Gasteiger partial charge in [0.2, 0.25) is 15.9 Å². The average molecular weight is 442 g/mol. The number of benzene rings is 2. The number of nitrogens with zero attached hydrogens (tertiary/aromatic N) is 1. The third-order valence-corrected chi connectivity index (χ3v) is 6.52. The van der Waals surface area contributed by atoms with Crippen molar-refractivity contribution in [2.24, 2.45) is 5.73 Å². The second kappa shape index (κ2) is 8.69. The molecule has 1 saturated heterocycles. The molecule has 9 heteroatoms. The highest BCUT2D eigenvalue weighted by atomic mass is 35.5. The number of carbonyl (C=O) groups is 1. The number of carbonyl (C=O) groups excluding carboxylic acids is 1. The summed E-state index contributed by atoms with van der Waals surface area (Å²) >= 11 is 12.0. The average Bonchev–Trinajstić information content (AvgIpc) is 3.07. The Bertz CT molecular complexity index is 982. The second-order valence-corrected chi connectivity index (χ2v) is 9.35. The zero-order chi connectivity index (χ0) is 20.3. The van der Waals surface area contributed by atoms with Crippen molar-refractivity contribution in [2.45, 2.75) is 31.2 Å². The molecule has 1 amide bonds. The summed E-state index contributed by atoms with van der Waals surface area (Å²) < 4.78 is 28.0. The minimum absolute atomic E-state index is 0.273. The molecule has 1 aliphatic heterocycles. The first kappa shape index (κ1) is 20.9. The van der Waals surface area contributed by atoms with Crippen molar-refractivity contribution >= 4 is 44.8 Å². The minimum atomic E-state index is -3.70. The molecule has 0 saturated carbocycles. The zero-order valence-corrected chi connectivity index (χ0v) is 17.4. The SMILES string of the molecule is NC(=O)[C@@H]1CCCN1Cc1ccccc1NS(=O)(=O)Cc1ccc(Cl)cc1Cl. The van der Waals surface area contributed by atoms with Crippen molar-refractivity contribution in [3.8, 4) is 0 Å². The number of nitrogens with one attached hydrogen (secondary N) is 1. The maximum atomic E-state index is 12.7. The van der Waals surface area contributed by atoms with E-state index in [1.807, 2.05) is 17.0 Å². The number of rotatable bonds is 7. The molecular formula is C19H21Cl2N3O3S. The molecule has 0 spiro atoms. The van der Waals surface area contributed by atoms with Gasteiger partial charge in [0.25, 0.3) is 0 Å². The Morgan fingerprint density at radius 3 is 2.64 bits per heavy atom. The largest absolute Gasteiger partial charge is 0.368 e. The number of likely N-dealkylation sites (tertiary alicyclic amines) is 1. The summed E-state index contributed by atoms with van der Waals surface area (Å²) in [4.78, 5) is 13.6. The van der Waals surface area contributed by atoms with Gasteiger partial charge in [-0.15, -0.1) is 0 Å². The van der Waals surface area contributed by atoms with Gasteiger partial charge in [0.15, 0.2) is 0 Å². The second-order valence-electron chi connectivity index (χ2n) is 6.78. The molecular weight excluding hydrogens is 421 g/mol. The first-order valence-electron chi connectivity index (χ1n) is 8.81. The Balaban J connectivity index is 1.78. The number of primary amides is 1. The molecule has 1 atom stereocenters. The predicted octanol–water partition coefficient (Wildman–Crippen LogP) is 3.39. The van der Waals surface area contributed by atoms with Crippen molar-refractivity contribution < 1.29 is 13.2 Å². The first-order chi connectivity index (χ1) is 13.2.